The third-order valence-electron chi connectivity index (χ3n) is 3.08. The first kappa shape index (κ1) is 13.8. The minimum absolute atomic E-state index is 0.0648. The van der Waals surface area contributed by atoms with Crippen LogP contribution >= 0.6 is 11.8 Å². The Labute approximate surface area is 116 Å². The minimum atomic E-state index is -0.759. The van der Waals surface area contributed by atoms with Crippen LogP contribution in [0.2, 0.25) is 0 Å². The molecule has 1 aliphatic heterocycles. The summed E-state index contributed by atoms with van der Waals surface area (Å²) >= 11 is 1.80. The fourth-order valence-corrected chi connectivity index (χ4v) is 3.29. The van der Waals surface area contributed by atoms with Gasteiger partial charge in [0.25, 0.3) is 0 Å². The molecule has 0 aliphatic carbocycles. The van der Waals surface area contributed by atoms with Gasteiger partial charge in [0.2, 0.25) is 0 Å². The fourth-order valence-electron chi connectivity index (χ4n) is 2.16. The summed E-state index contributed by atoms with van der Waals surface area (Å²) in [5.74, 6) is 1.11. The number of pyridine rings is 1. The summed E-state index contributed by atoms with van der Waals surface area (Å²) in [4.78, 5) is 17.0. The summed E-state index contributed by atoms with van der Waals surface area (Å²) in [6.07, 6.45) is 1.79. The van der Waals surface area contributed by atoms with Crippen LogP contribution in [0.5, 0.6) is 0 Å². The second kappa shape index (κ2) is 6.55. The molecule has 19 heavy (non-hydrogen) atoms. The van der Waals surface area contributed by atoms with E-state index in [4.69, 9.17) is 10.4 Å². The number of aliphatic carboxylic acids is 1. The van der Waals surface area contributed by atoms with E-state index in [0.717, 1.165) is 23.6 Å². The highest BCUT2D eigenvalue weighted by Crippen LogP contribution is 2.21. The molecule has 100 valence electrons. The number of hydrogen-bond donors (Lipinski definition) is 1. The highest BCUT2D eigenvalue weighted by Gasteiger charge is 2.24. The van der Waals surface area contributed by atoms with E-state index in [0.29, 0.717) is 12.2 Å². The number of rotatable bonds is 4. The zero-order valence-electron chi connectivity index (χ0n) is 10.5. The molecule has 1 atom stereocenters. The second-order valence-electron chi connectivity index (χ2n) is 4.46. The molecule has 2 rings (SSSR count). The quantitative estimate of drug-likeness (QED) is 0.895. The van der Waals surface area contributed by atoms with Gasteiger partial charge in [-0.05, 0) is 17.7 Å². The molecule has 5 nitrogen and oxygen atoms in total. The molecule has 1 saturated heterocycles. The number of carboxylic acids is 1. The monoisotopic (exact) mass is 277 g/mol. The van der Waals surface area contributed by atoms with Gasteiger partial charge in [-0.1, -0.05) is 0 Å². The number of carbonyl (C=O) groups is 1. The van der Waals surface area contributed by atoms with Gasteiger partial charge in [0.05, 0.1) is 6.42 Å². The van der Waals surface area contributed by atoms with Gasteiger partial charge in [-0.25, -0.2) is 4.98 Å². The Hall–Kier alpha value is -1.58. The van der Waals surface area contributed by atoms with Crippen LogP contribution in [0.15, 0.2) is 18.3 Å². The van der Waals surface area contributed by atoms with Crippen LogP contribution in [-0.2, 0) is 11.3 Å². The number of hydrogen-bond acceptors (Lipinski definition) is 5. The van der Waals surface area contributed by atoms with Crippen molar-refractivity contribution in [1.82, 2.24) is 9.88 Å². The molecule has 1 unspecified atom stereocenters. The maximum absolute atomic E-state index is 10.9. The molecule has 0 bridgehead atoms. The number of nitrogens with zero attached hydrogens (tertiary/aromatic N) is 3. The van der Waals surface area contributed by atoms with Crippen molar-refractivity contribution < 1.29 is 9.90 Å². The van der Waals surface area contributed by atoms with Crippen molar-refractivity contribution in [3.05, 3.63) is 29.6 Å². The van der Waals surface area contributed by atoms with Crippen molar-refractivity contribution >= 4 is 17.7 Å². The van der Waals surface area contributed by atoms with E-state index in [9.17, 15) is 4.79 Å². The first-order valence-electron chi connectivity index (χ1n) is 6.07. The van der Waals surface area contributed by atoms with Crippen molar-refractivity contribution in [2.45, 2.75) is 19.0 Å². The van der Waals surface area contributed by atoms with E-state index in [1.165, 1.54) is 0 Å². The van der Waals surface area contributed by atoms with Crippen molar-refractivity contribution in [3.63, 3.8) is 0 Å². The highest BCUT2D eigenvalue weighted by atomic mass is 32.2. The molecule has 6 heteroatoms. The normalized spacial score (nSPS) is 19.8. The zero-order valence-corrected chi connectivity index (χ0v) is 11.3. The molecule has 0 spiro atoms. The lowest BCUT2D eigenvalue weighted by Gasteiger charge is -2.34. The molecule has 0 aromatic carbocycles. The molecule has 1 fully saturated rings. The number of nitriles is 1. The summed E-state index contributed by atoms with van der Waals surface area (Å²) in [5, 5.41) is 17.8. The Morgan fingerprint density at radius 2 is 2.53 bits per heavy atom. The number of carboxylic acid groups (broad SMARTS) is 1. The van der Waals surface area contributed by atoms with Crippen LogP contribution in [-0.4, -0.2) is 45.1 Å². The standard InChI is InChI=1S/C13H15N3O2S/c14-7-11-5-10(1-2-15-11)8-16-3-4-19-9-12(16)6-13(17)18/h1-2,5,12H,3-4,6,8-9H2,(H,17,18). The van der Waals surface area contributed by atoms with Gasteiger partial charge in [0, 0.05) is 36.8 Å². The predicted octanol–water partition coefficient (Wildman–Crippen LogP) is 1.35. The van der Waals surface area contributed by atoms with Crippen LogP contribution in [0.1, 0.15) is 17.7 Å². The van der Waals surface area contributed by atoms with E-state index in [1.807, 2.05) is 12.1 Å². The predicted molar refractivity (Wildman–Crippen MR) is 72.7 cm³/mol. The first-order chi connectivity index (χ1) is 9.19. The Morgan fingerprint density at radius 3 is 3.26 bits per heavy atom. The summed E-state index contributed by atoms with van der Waals surface area (Å²) in [5.41, 5.74) is 1.41. The summed E-state index contributed by atoms with van der Waals surface area (Å²) in [6, 6.07) is 5.72. The van der Waals surface area contributed by atoms with E-state index in [2.05, 4.69) is 9.88 Å². The van der Waals surface area contributed by atoms with Crippen molar-refractivity contribution in [2.75, 3.05) is 18.1 Å². The van der Waals surface area contributed by atoms with E-state index < -0.39 is 5.97 Å². The zero-order chi connectivity index (χ0) is 13.7. The maximum Gasteiger partial charge on any atom is 0.304 e. The van der Waals surface area contributed by atoms with Crippen molar-refractivity contribution in [1.29, 1.82) is 5.26 Å². The van der Waals surface area contributed by atoms with Gasteiger partial charge in [-0.2, -0.15) is 17.0 Å². The Balaban J connectivity index is 2.06. The van der Waals surface area contributed by atoms with Gasteiger partial charge in [-0.15, -0.1) is 0 Å². The smallest absolute Gasteiger partial charge is 0.304 e. The lowest BCUT2D eigenvalue weighted by molar-refractivity contribution is -0.138. The highest BCUT2D eigenvalue weighted by molar-refractivity contribution is 7.99. The van der Waals surface area contributed by atoms with Crippen molar-refractivity contribution in [2.24, 2.45) is 0 Å². The van der Waals surface area contributed by atoms with Crippen LogP contribution < -0.4 is 0 Å². The Bertz CT molecular complexity index is 501. The summed E-state index contributed by atoms with van der Waals surface area (Å²) in [7, 11) is 0. The van der Waals surface area contributed by atoms with Crippen LogP contribution in [0.25, 0.3) is 0 Å². The average molecular weight is 277 g/mol. The summed E-state index contributed by atoms with van der Waals surface area (Å²) in [6.45, 7) is 1.56. The lowest BCUT2D eigenvalue weighted by Crippen LogP contribution is -2.42. The van der Waals surface area contributed by atoms with Gasteiger partial charge in [0.1, 0.15) is 11.8 Å². The first-order valence-corrected chi connectivity index (χ1v) is 7.23. The largest absolute Gasteiger partial charge is 0.481 e. The molecular formula is C13H15N3O2S. The minimum Gasteiger partial charge on any atom is -0.481 e. The Morgan fingerprint density at radius 1 is 1.68 bits per heavy atom. The van der Waals surface area contributed by atoms with E-state index in [1.54, 1.807) is 24.0 Å². The van der Waals surface area contributed by atoms with Gasteiger partial charge >= 0.3 is 5.97 Å². The van der Waals surface area contributed by atoms with Gasteiger partial charge < -0.3 is 5.11 Å². The van der Waals surface area contributed by atoms with E-state index >= 15 is 0 Å². The lowest BCUT2D eigenvalue weighted by atomic mass is 10.1. The molecule has 0 radical (unpaired) electrons. The molecule has 0 amide bonds. The molecular weight excluding hydrogens is 262 g/mol. The molecule has 1 N–H and O–H groups in total. The van der Waals surface area contributed by atoms with Gasteiger partial charge in [0.15, 0.2) is 0 Å². The van der Waals surface area contributed by atoms with E-state index in [-0.39, 0.29) is 12.5 Å². The fraction of sp³-hybridized carbons (Fsp3) is 0.462. The second-order valence-corrected chi connectivity index (χ2v) is 5.61. The van der Waals surface area contributed by atoms with Gasteiger partial charge in [-0.3, -0.25) is 9.69 Å². The molecule has 0 saturated carbocycles. The maximum atomic E-state index is 10.9. The number of aromatic nitrogens is 1. The third kappa shape index (κ3) is 3.94. The Kier molecular flexibility index (Phi) is 4.77. The van der Waals surface area contributed by atoms with Crippen LogP contribution in [0.4, 0.5) is 0 Å². The molecule has 1 aromatic rings. The average Bonchev–Trinajstić information content (AvgIpc) is 2.41. The SMILES string of the molecule is N#Cc1cc(CN2CCSCC2CC(=O)O)ccn1. The molecule has 1 aromatic heterocycles. The van der Waals surface area contributed by atoms with Crippen molar-refractivity contribution in [3.8, 4) is 6.07 Å². The summed E-state index contributed by atoms with van der Waals surface area (Å²) < 4.78 is 0. The topological polar surface area (TPSA) is 77.2 Å². The van der Waals surface area contributed by atoms with Crippen LogP contribution in [0, 0.1) is 11.3 Å². The molecule has 1 aliphatic rings. The third-order valence-corrected chi connectivity index (χ3v) is 4.18. The van der Waals surface area contributed by atoms with Crippen LogP contribution in [0.3, 0.4) is 0 Å². The molecule has 2 heterocycles. The number of thioether (sulfide) groups is 1.